The highest BCUT2D eigenvalue weighted by Crippen LogP contribution is 2.35. The van der Waals surface area contributed by atoms with Gasteiger partial charge in [-0.1, -0.05) is 0 Å². The highest BCUT2D eigenvalue weighted by Gasteiger charge is 2.36. The van der Waals surface area contributed by atoms with Crippen LogP contribution in [0.25, 0.3) is 0 Å². The van der Waals surface area contributed by atoms with Gasteiger partial charge in [0.1, 0.15) is 12.2 Å². The van der Waals surface area contributed by atoms with E-state index in [9.17, 15) is 18.0 Å². The van der Waals surface area contributed by atoms with Crippen LogP contribution in [0.5, 0.6) is 5.88 Å². The molecular formula is C12H15F3N2O2. The van der Waals surface area contributed by atoms with Crippen LogP contribution in [0.3, 0.4) is 0 Å². The highest BCUT2D eigenvalue weighted by molar-refractivity contribution is 5.81. The minimum absolute atomic E-state index is 0.202. The normalized spacial score (nSPS) is 12.1. The van der Waals surface area contributed by atoms with Crippen molar-refractivity contribution in [3.05, 3.63) is 23.9 Å². The first-order valence-electron chi connectivity index (χ1n) is 5.55. The topological polar surface area (TPSA) is 51.2 Å². The zero-order chi connectivity index (χ0) is 14.7. The number of nitrogens with one attached hydrogen (secondary N) is 1. The van der Waals surface area contributed by atoms with E-state index in [1.807, 2.05) is 0 Å². The van der Waals surface area contributed by atoms with Gasteiger partial charge in [0.15, 0.2) is 0 Å². The lowest BCUT2D eigenvalue weighted by Crippen LogP contribution is -2.39. The van der Waals surface area contributed by atoms with Gasteiger partial charge in [0.05, 0.1) is 5.41 Å². The lowest BCUT2D eigenvalue weighted by atomic mass is 9.94. The largest absolute Gasteiger partial charge is 0.476 e. The molecule has 0 spiro atoms. The molecule has 0 saturated heterocycles. The van der Waals surface area contributed by atoms with Crippen molar-refractivity contribution in [1.29, 1.82) is 0 Å². The lowest BCUT2D eigenvalue weighted by molar-refractivity contribution is -0.139. The Morgan fingerprint density at radius 2 is 2.05 bits per heavy atom. The third-order valence-electron chi connectivity index (χ3n) is 2.49. The number of pyridine rings is 1. The third-order valence-corrected chi connectivity index (χ3v) is 2.49. The average Bonchev–Trinajstić information content (AvgIpc) is 2.34. The Morgan fingerprint density at radius 3 is 2.58 bits per heavy atom. The smallest absolute Gasteiger partial charge is 0.421 e. The molecule has 1 heterocycles. The molecule has 0 fully saturated rings. The van der Waals surface area contributed by atoms with Crippen LogP contribution in [0.4, 0.5) is 13.2 Å². The summed E-state index contributed by atoms with van der Waals surface area (Å²) in [4.78, 5) is 15.1. The molecule has 0 aliphatic heterocycles. The quantitative estimate of drug-likeness (QED) is 0.917. The summed E-state index contributed by atoms with van der Waals surface area (Å²) < 4.78 is 43.1. The second kappa shape index (κ2) is 5.46. The van der Waals surface area contributed by atoms with Gasteiger partial charge in [0.25, 0.3) is 0 Å². The molecule has 19 heavy (non-hydrogen) atoms. The second-order valence-corrected chi connectivity index (χ2v) is 4.61. The van der Waals surface area contributed by atoms with Gasteiger partial charge < -0.3 is 10.1 Å². The Hall–Kier alpha value is -1.79. The summed E-state index contributed by atoms with van der Waals surface area (Å²) in [7, 11) is 1.45. The Bertz CT molecular complexity index is 459. The number of carbonyl (C=O) groups is 1. The van der Waals surface area contributed by atoms with Crippen molar-refractivity contribution in [3.63, 3.8) is 0 Å². The van der Waals surface area contributed by atoms with E-state index in [1.165, 1.54) is 19.3 Å². The van der Waals surface area contributed by atoms with Crippen LogP contribution < -0.4 is 10.1 Å². The standard InChI is InChI=1S/C12H15F3N2O2/c1-11(2,10(18)16-3)7-19-9-8(12(13,14)15)5-4-6-17-9/h4-6H,7H2,1-3H3,(H,16,18). The fourth-order valence-corrected chi connectivity index (χ4v) is 1.37. The molecule has 0 saturated carbocycles. The SMILES string of the molecule is CNC(=O)C(C)(C)COc1ncccc1C(F)(F)F. The van der Waals surface area contributed by atoms with Crippen molar-refractivity contribution in [2.45, 2.75) is 20.0 Å². The molecule has 1 N–H and O–H groups in total. The zero-order valence-corrected chi connectivity index (χ0v) is 10.8. The Kier molecular flexibility index (Phi) is 4.39. The van der Waals surface area contributed by atoms with E-state index in [0.29, 0.717) is 0 Å². The van der Waals surface area contributed by atoms with E-state index >= 15 is 0 Å². The number of ether oxygens (including phenoxy) is 1. The monoisotopic (exact) mass is 276 g/mol. The number of aromatic nitrogens is 1. The van der Waals surface area contributed by atoms with Gasteiger partial charge in [-0.05, 0) is 26.0 Å². The second-order valence-electron chi connectivity index (χ2n) is 4.61. The molecular weight excluding hydrogens is 261 g/mol. The van der Waals surface area contributed by atoms with Crippen LogP contribution in [-0.2, 0) is 11.0 Å². The van der Waals surface area contributed by atoms with Gasteiger partial charge in [0, 0.05) is 13.2 Å². The molecule has 1 amide bonds. The maximum absolute atomic E-state index is 12.7. The summed E-state index contributed by atoms with van der Waals surface area (Å²) in [5.41, 5.74) is -1.91. The van der Waals surface area contributed by atoms with Crippen molar-refractivity contribution in [2.75, 3.05) is 13.7 Å². The van der Waals surface area contributed by atoms with E-state index in [-0.39, 0.29) is 12.5 Å². The number of carbonyl (C=O) groups excluding carboxylic acids is 1. The van der Waals surface area contributed by atoms with E-state index in [2.05, 4.69) is 10.3 Å². The minimum Gasteiger partial charge on any atom is -0.476 e. The van der Waals surface area contributed by atoms with Gasteiger partial charge >= 0.3 is 6.18 Å². The summed E-state index contributed by atoms with van der Waals surface area (Å²) in [6, 6.07) is 2.06. The van der Waals surface area contributed by atoms with Crippen molar-refractivity contribution in [2.24, 2.45) is 5.41 Å². The number of amides is 1. The van der Waals surface area contributed by atoms with Crippen LogP contribution in [-0.4, -0.2) is 24.5 Å². The van der Waals surface area contributed by atoms with Crippen LogP contribution in [0.15, 0.2) is 18.3 Å². The maximum atomic E-state index is 12.7. The first-order valence-corrected chi connectivity index (χ1v) is 5.55. The van der Waals surface area contributed by atoms with Gasteiger partial charge in [-0.15, -0.1) is 0 Å². The van der Waals surface area contributed by atoms with Gasteiger partial charge in [-0.2, -0.15) is 13.2 Å². The van der Waals surface area contributed by atoms with Crippen LogP contribution in [0.1, 0.15) is 19.4 Å². The Labute approximate surface area is 109 Å². The number of halogens is 3. The molecule has 106 valence electrons. The number of hydrogen-bond donors (Lipinski definition) is 1. The van der Waals surface area contributed by atoms with Crippen molar-refractivity contribution >= 4 is 5.91 Å². The highest BCUT2D eigenvalue weighted by atomic mass is 19.4. The van der Waals surface area contributed by atoms with Crippen LogP contribution in [0.2, 0.25) is 0 Å². The number of nitrogens with zero attached hydrogens (tertiary/aromatic N) is 1. The molecule has 0 bridgehead atoms. The summed E-state index contributed by atoms with van der Waals surface area (Å²) in [6.45, 7) is 2.94. The minimum atomic E-state index is -4.54. The Morgan fingerprint density at radius 1 is 1.42 bits per heavy atom. The molecule has 0 aliphatic carbocycles. The van der Waals surface area contributed by atoms with Crippen LogP contribution in [0, 0.1) is 5.41 Å². The van der Waals surface area contributed by atoms with Gasteiger partial charge in [-0.3, -0.25) is 4.79 Å². The first-order chi connectivity index (χ1) is 8.68. The molecule has 1 rings (SSSR count). The lowest BCUT2D eigenvalue weighted by Gasteiger charge is -2.23. The molecule has 4 nitrogen and oxygen atoms in total. The molecule has 1 aromatic rings. The molecule has 0 radical (unpaired) electrons. The number of hydrogen-bond acceptors (Lipinski definition) is 3. The van der Waals surface area contributed by atoms with E-state index in [4.69, 9.17) is 4.74 Å². The summed E-state index contributed by atoms with van der Waals surface area (Å²) in [5, 5.41) is 2.42. The average molecular weight is 276 g/mol. The molecule has 0 aromatic carbocycles. The maximum Gasteiger partial charge on any atom is 0.421 e. The predicted molar refractivity (Wildman–Crippen MR) is 62.6 cm³/mol. The summed E-state index contributed by atoms with van der Waals surface area (Å²) in [5.74, 6) is -0.844. The summed E-state index contributed by atoms with van der Waals surface area (Å²) >= 11 is 0. The number of rotatable bonds is 4. The molecule has 0 atom stereocenters. The van der Waals surface area contributed by atoms with Gasteiger partial charge in [0.2, 0.25) is 11.8 Å². The van der Waals surface area contributed by atoms with Crippen molar-refractivity contribution in [3.8, 4) is 5.88 Å². The van der Waals surface area contributed by atoms with E-state index in [1.54, 1.807) is 13.8 Å². The van der Waals surface area contributed by atoms with Crippen molar-refractivity contribution in [1.82, 2.24) is 10.3 Å². The van der Waals surface area contributed by atoms with Crippen molar-refractivity contribution < 1.29 is 22.7 Å². The fourth-order valence-electron chi connectivity index (χ4n) is 1.37. The fraction of sp³-hybridized carbons (Fsp3) is 0.500. The molecule has 0 aliphatic rings. The predicted octanol–water partition coefficient (Wildman–Crippen LogP) is 2.25. The first kappa shape index (κ1) is 15.3. The summed E-state index contributed by atoms with van der Waals surface area (Å²) in [6.07, 6.45) is -3.34. The third kappa shape index (κ3) is 3.84. The molecule has 1 aromatic heterocycles. The van der Waals surface area contributed by atoms with Gasteiger partial charge in [-0.25, -0.2) is 4.98 Å². The number of alkyl halides is 3. The molecule has 0 unspecified atom stereocenters. The molecule has 7 heteroatoms. The van der Waals surface area contributed by atoms with Crippen LogP contribution >= 0.6 is 0 Å². The van der Waals surface area contributed by atoms with E-state index in [0.717, 1.165) is 6.07 Å². The zero-order valence-electron chi connectivity index (χ0n) is 10.8. The van der Waals surface area contributed by atoms with E-state index < -0.39 is 23.0 Å². The Balaban J connectivity index is 2.87.